The topological polar surface area (TPSA) is 58.6 Å². The maximum atomic E-state index is 12.9. The van der Waals surface area contributed by atoms with Crippen molar-refractivity contribution in [2.45, 2.75) is 32.2 Å². The third kappa shape index (κ3) is 6.02. The van der Waals surface area contributed by atoms with Crippen LogP contribution in [0.25, 0.3) is 0 Å². The third-order valence-corrected chi connectivity index (χ3v) is 5.64. The first-order valence-corrected chi connectivity index (χ1v) is 10.4. The van der Waals surface area contributed by atoms with Crippen LogP contribution in [-0.2, 0) is 21.9 Å². The van der Waals surface area contributed by atoms with Gasteiger partial charge in [0, 0.05) is 19.3 Å². The Morgan fingerprint density at radius 1 is 1.14 bits per heavy atom. The van der Waals surface area contributed by atoms with E-state index in [4.69, 9.17) is 4.74 Å². The van der Waals surface area contributed by atoms with Crippen LogP contribution in [-0.4, -0.2) is 42.7 Å². The number of benzene rings is 2. The lowest BCUT2D eigenvalue weighted by molar-refractivity contribution is -0.138. The molecule has 0 bridgehead atoms. The van der Waals surface area contributed by atoms with E-state index in [1.807, 2.05) is 36.4 Å². The monoisotopic (exact) mass is 400 g/mol. The van der Waals surface area contributed by atoms with E-state index in [0.29, 0.717) is 12.3 Å². The lowest BCUT2D eigenvalue weighted by atomic mass is 10.1. The van der Waals surface area contributed by atoms with E-state index in [2.05, 4.69) is 24.4 Å². The van der Waals surface area contributed by atoms with Crippen LogP contribution in [0.3, 0.4) is 0 Å². The van der Waals surface area contributed by atoms with Crippen LogP contribution in [0.4, 0.5) is 0 Å². The third-order valence-electron chi connectivity index (χ3n) is 4.67. The van der Waals surface area contributed by atoms with Gasteiger partial charge in [-0.1, -0.05) is 36.4 Å². The first-order valence-electron chi connectivity index (χ1n) is 9.22. The summed E-state index contributed by atoms with van der Waals surface area (Å²) in [4.78, 5) is 26.7. The molecule has 28 heavy (non-hydrogen) atoms. The Morgan fingerprint density at radius 3 is 2.43 bits per heavy atom. The quantitative estimate of drug-likeness (QED) is 0.701. The number of rotatable bonds is 9. The molecule has 2 aromatic rings. The lowest BCUT2D eigenvalue weighted by Crippen LogP contribution is -2.47. The van der Waals surface area contributed by atoms with Crippen LogP contribution >= 0.6 is 11.8 Å². The number of thioether (sulfide) groups is 1. The minimum absolute atomic E-state index is 0.0505. The van der Waals surface area contributed by atoms with Gasteiger partial charge in [0.15, 0.2) is 0 Å². The van der Waals surface area contributed by atoms with Crippen molar-refractivity contribution in [3.8, 4) is 5.75 Å². The fraction of sp³-hybridized carbons (Fsp3) is 0.364. The van der Waals surface area contributed by atoms with Crippen LogP contribution in [0, 0.1) is 6.92 Å². The normalized spacial score (nSPS) is 11.6. The number of methoxy groups -OCH3 is 1. The maximum Gasteiger partial charge on any atom is 0.242 e. The van der Waals surface area contributed by atoms with Gasteiger partial charge >= 0.3 is 0 Å². The summed E-state index contributed by atoms with van der Waals surface area (Å²) in [5.74, 6) is 1.63. The number of hydrogen-bond acceptors (Lipinski definition) is 4. The molecular weight excluding hydrogens is 372 g/mol. The molecule has 0 radical (unpaired) electrons. The molecule has 0 fully saturated rings. The average molecular weight is 401 g/mol. The first-order chi connectivity index (χ1) is 13.5. The highest BCUT2D eigenvalue weighted by atomic mass is 32.2. The predicted octanol–water partition coefficient (Wildman–Crippen LogP) is 3.40. The molecular formula is C22H28N2O3S. The van der Waals surface area contributed by atoms with Crippen LogP contribution in [0.1, 0.15) is 23.6 Å². The molecule has 0 aromatic heterocycles. The van der Waals surface area contributed by atoms with E-state index >= 15 is 0 Å². The van der Waals surface area contributed by atoms with E-state index in [1.54, 1.807) is 37.7 Å². The van der Waals surface area contributed by atoms with Crippen LogP contribution in [0.2, 0.25) is 0 Å². The van der Waals surface area contributed by atoms with Gasteiger partial charge in [0.2, 0.25) is 11.8 Å². The summed E-state index contributed by atoms with van der Waals surface area (Å²) in [5, 5.41) is 2.63. The van der Waals surface area contributed by atoms with Gasteiger partial charge in [0.1, 0.15) is 11.8 Å². The zero-order valence-corrected chi connectivity index (χ0v) is 17.7. The van der Waals surface area contributed by atoms with Crippen molar-refractivity contribution in [3.05, 3.63) is 65.2 Å². The van der Waals surface area contributed by atoms with Gasteiger partial charge in [-0.2, -0.15) is 0 Å². The van der Waals surface area contributed by atoms with Crippen LogP contribution in [0.5, 0.6) is 5.75 Å². The number of aryl methyl sites for hydroxylation is 1. The van der Waals surface area contributed by atoms with Gasteiger partial charge in [-0.15, -0.1) is 11.8 Å². The van der Waals surface area contributed by atoms with Crippen molar-refractivity contribution >= 4 is 23.6 Å². The van der Waals surface area contributed by atoms with Crippen molar-refractivity contribution in [2.75, 3.05) is 19.9 Å². The summed E-state index contributed by atoms with van der Waals surface area (Å²) in [7, 11) is 3.20. The van der Waals surface area contributed by atoms with Crippen molar-refractivity contribution in [1.82, 2.24) is 10.2 Å². The predicted molar refractivity (Wildman–Crippen MR) is 114 cm³/mol. The lowest BCUT2D eigenvalue weighted by Gasteiger charge is -2.28. The number of carbonyl (C=O) groups is 2. The number of likely N-dealkylation sites (N-methyl/N-ethyl adjacent to an activating group) is 1. The van der Waals surface area contributed by atoms with Gasteiger partial charge in [0.05, 0.1) is 12.9 Å². The van der Waals surface area contributed by atoms with E-state index in [9.17, 15) is 9.59 Å². The Morgan fingerprint density at radius 2 is 1.82 bits per heavy atom. The molecule has 5 nitrogen and oxygen atoms in total. The number of carbonyl (C=O) groups excluding carboxylic acids is 2. The highest BCUT2D eigenvalue weighted by molar-refractivity contribution is 7.99. The molecule has 0 aliphatic rings. The molecule has 0 spiro atoms. The number of ether oxygens (including phenoxy) is 1. The average Bonchev–Trinajstić information content (AvgIpc) is 2.72. The molecule has 2 aromatic carbocycles. The fourth-order valence-corrected chi connectivity index (χ4v) is 3.81. The maximum absolute atomic E-state index is 12.9. The molecule has 0 heterocycles. The Bertz CT molecular complexity index is 793. The second-order valence-corrected chi connectivity index (χ2v) is 7.56. The zero-order chi connectivity index (χ0) is 20.5. The first kappa shape index (κ1) is 21.8. The molecule has 2 rings (SSSR count). The van der Waals surface area contributed by atoms with E-state index in [0.717, 1.165) is 17.1 Å². The summed E-state index contributed by atoms with van der Waals surface area (Å²) >= 11 is 1.57. The number of amides is 2. The number of hydrogen-bond donors (Lipinski definition) is 1. The van der Waals surface area contributed by atoms with Crippen LogP contribution < -0.4 is 10.1 Å². The molecule has 1 atom stereocenters. The molecule has 1 N–H and O–H groups in total. The van der Waals surface area contributed by atoms with Crippen molar-refractivity contribution in [2.24, 2.45) is 0 Å². The molecule has 0 saturated heterocycles. The second kappa shape index (κ2) is 10.8. The molecule has 150 valence electrons. The number of nitrogens with zero attached hydrogens (tertiary/aromatic N) is 1. The summed E-state index contributed by atoms with van der Waals surface area (Å²) in [6.07, 6.45) is 0. The smallest absolute Gasteiger partial charge is 0.242 e. The van der Waals surface area contributed by atoms with Gasteiger partial charge in [-0.05, 0) is 42.7 Å². The highest BCUT2D eigenvalue weighted by Crippen LogP contribution is 2.19. The number of nitrogens with one attached hydrogen (secondary N) is 1. The summed E-state index contributed by atoms with van der Waals surface area (Å²) in [5.41, 5.74) is 3.39. The molecule has 6 heteroatoms. The Labute approximate surface area is 171 Å². The molecule has 0 saturated carbocycles. The minimum Gasteiger partial charge on any atom is -0.497 e. The molecule has 2 amide bonds. The Balaban J connectivity index is 2.05. The second-order valence-electron chi connectivity index (χ2n) is 6.58. The minimum atomic E-state index is -0.543. The molecule has 0 aliphatic heterocycles. The van der Waals surface area contributed by atoms with E-state index in [1.165, 1.54) is 11.1 Å². The fourth-order valence-electron chi connectivity index (χ4n) is 2.82. The van der Waals surface area contributed by atoms with Crippen LogP contribution in [0.15, 0.2) is 48.5 Å². The zero-order valence-electron chi connectivity index (χ0n) is 16.9. The van der Waals surface area contributed by atoms with Crippen molar-refractivity contribution < 1.29 is 14.3 Å². The SMILES string of the molecule is CNC(=O)[C@@H](C)N(Cc1ccc(OC)cc1)C(=O)CSCc1ccccc1C. The highest BCUT2D eigenvalue weighted by Gasteiger charge is 2.25. The van der Waals surface area contributed by atoms with Gasteiger partial charge < -0.3 is 15.0 Å². The largest absolute Gasteiger partial charge is 0.497 e. The Kier molecular flexibility index (Phi) is 8.39. The van der Waals surface area contributed by atoms with Crippen molar-refractivity contribution in [1.29, 1.82) is 0 Å². The van der Waals surface area contributed by atoms with E-state index in [-0.39, 0.29) is 11.8 Å². The molecule has 0 unspecified atom stereocenters. The summed E-state index contributed by atoms with van der Waals surface area (Å²) in [6.45, 7) is 4.20. The van der Waals surface area contributed by atoms with E-state index < -0.39 is 6.04 Å². The van der Waals surface area contributed by atoms with Gasteiger partial charge in [-0.25, -0.2) is 0 Å². The molecule has 0 aliphatic carbocycles. The van der Waals surface area contributed by atoms with Gasteiger partial charge in [-0.3, -0.25) is 9.59 Å². The van der Waals surface area contributed by atoms with Crippen molar-refractivity contribution in [3.63, 3.8) is 0 Å². The Hall–Kier alpha value is -2.47. The van der Waals surface area contributed by atoms with Gasteiger partial charge in [0.25, 0.3) is 0 Å². The summed E-state index contributed by atoms with van der Waals surface area (Å²) in [6, 6.07) is 15.2. The standard InChI is InChI=1S/C22H28N2O3S/c1-16-7-5-6-8-19(16)14-28-15-21(25)24(17(2)22(26)23-3)13-18-9-11-20(27-4)12-10-18/h5-12,17H,13-15H2,1-4H3,(H,23,26)/t17-/m1/s1. The summed E-state index contributed by atoms with van der Waals surface area (Å²) < 4.78 is 5.18.